The zero-order valence-electron chi connectivity index (χ0n) is 16.4. The summed E-state index contributed by atoms with van der Waals surface area (Å²) in [6.45, 7) is 0.653. The third-order valence-electron chi connectivity index (χ3n) is 6.20. The van der Waals surface area contributed by atoms with Crippen LogP contribution in [-0.4, -0.2) is 14.7 Å². The van der Waals surface area contributed by atoms with E-state index in [1.165, 1.54) is 16.9 Å². The molecular weight excluding hydrogens is 392 g/mol. The highest BCUT2D eigenvalue weighted by Gasteiger charge is 2.29. The number of hydrogen-bond acceptors (Lipinski definition) is 4. The van der Waals surface area contributed by atoms with Crippen LogP contribution in [0.15, 0.2) is 59.4 Å². The van der Waals surface area contributed by atoms with Gasteiger partial charge in [-0.3, -0.25) is 4.79 Å². The Kier molecular flexibility index (Phi) is 3.93. The van der Waals surface area contributed by atoms with Crippen molar-refractivity contribution in [1.82, 2.24) is 9.55 Å². The van der Waals surface area contributed by atoms with Gasteiger partial charge in [-0.2, -0.15) is 4.98 Å². The summed E-state index contributed by atoms with van der Waals surface area (Å²) >= 11 is 1.73. The minimum absolute atomic E-state index is 0.157. The summed E-state index contributed by atoms with van der Waals surface area (Å²) in [4.78, 5) is 20.0. The fraction of sp³-hybridized carbons (Fsp3) is 0.200. The van der Waals surface area contributed by atoms with Gasteiger partial charge < -0.3 is 9.67 Å². The van der Waals surface area contributed by atoms with Gasteiger partial charge in [0, 0.05) is 10.4 Å². The fourth-order valence-corrected chi connectivity index (χ4v) is 6.16. The van der Waals surface area contributed by atoms with Crippen LogP contribution in [0.1, 0.15) is 45.8 Å². The average molecular weight is 413 g/mol. The number of aryl methyl sites for hydroxylation is 2. The molecule has 2 aromatic carbocycles. The van der Waals surface area contributed by atoms with Crippen LogP contribution < -0.4 is 5.56 Å². The van der Waals surface area contributed by atoms with Crippen molar-refractivity contribution in [3.63, 3.8) is 0 Å². The highest BCUT2D eigenvalue weighted by atomic mass is 32.1. The molecule has 0 amide bonds. The fourth-order valence-electron chi connectivity index (χ4n) is 4.77. The van der Waals surface area contributed by atoms with Gasteiger partial charge in [-0.1, -0.05) is 54.6 Å². The van der Waals surface area contributed by atoms with Crippen molar-refractivity contribution in [3.05, 3.63) is 97.9 Å². The lowest BCUT2D eigenvalue weighted by molar-refractivity contribution is 0.512. The zero-order chi connectivity index (χ0) is 20.2. The first-order valence-corrected chi connectivity index (χ1v) is 11.2. The summed E-state index contributed by atoms with van der Waals surface area (Å²) in [6.07, 6.45) is 4.30. The SMILES string of the molecule is O=c1nc2n(c3sc4c(c13)CCCC4)Cc1ccccc1C2=C(O)c1ccccc1. The van der Waals surface area contributed by atoms with Gasteiger partial charge in [0.2, 0.25) is 0 Å². The smallest absolute Gasteiger partial charge is 0.282 e. The predicted molar refractivity (Wildman–Crippen MR) is 121 cm³/mol. The quantitative estimate of drug-likeness (QED) is 0.386. The van der Waals surface area contributed by atoms with E-state index in [9.17, 15) is 9.90 Å². The lowest BCUT2D eigenvalue weighted by Crippen LogP contribution is -2.23. The molecule has 0 spiro atoms. The van der Waals surface area contributed by atoms with Gasteiger partial charge in [-0.05, 0) is 42.4 Å². The number of thiophene rings is 1. The van der Waals surface area contributed by atoms with E-state index in [2.05, 4.69) is 15.6 Å². The molecule has 30 heavy (non-hydrogen) atoms. The summed E-state index contributed by atoms with van der Waals surface area (Å²) in [7, 11) is 0. The standard InChI is InChI=1S/C25H20N2O2S/c28-22(15-8-2-1-3-9-15)20-17-11-5-4-10-16(17)14-27-23(20)26-24(29)21-18-12-6-7-13-19(18)30-25(21)27/h1-5,8-11,28H,6-7,12-14H2. The van der Waals surface area contributed by atoms with Crippen LogP contribution in [0.2, 0.25) is 0 Å². The van der Waals surface area contributed by atoms with Gasteiger partial charge in [0.25, 0.3) is 5.56 Å². The molecule has 2 aromatic heterocycles. The molecule has 4 aromatic rings. The van der Waals surface area contributed by atoms with Crippen LogP contribution in [0.25, 0.3) is 21.5 Å². The van der Waals surface area contributed by atoms with Gasteiger partial charge >= 0.3 is 0 Å². The van der Waals surface area contributed by atoms with E-state index in [0.29, 0.717) is 17.9 Å². The maximum Gasteiger partial charge on any atom is 0.282 e. The molecule has 4 nitrogen and oxygen atoms in total. The highest BCUT2D eigenvalue weighted by molar-refractivity contribution is 7.18. The average Bonchev–Trinajstić information content (AvgIpc) is 3.19. The Morgan fingerprint density at radius 1 is 1.00 bits per heavy atom. The van der Waals surface area contributed by atoms with Crippen LogP contribution in [0, 0.1) is 0 Å². The maximum atomic E-state index is 13.2. The van der Waals surface area contributed by atoms with Crippen molar-refractivity contribution in [2.24, 2.45) is 0 Å². The molecule has 0 bridgehead atoms. The number of hydrogen-bond donors (Lipinski definition) is 1. The summed E-state index contributed by atoms with van der Waals surface area (Å²) in [5.74, 6) is 0.718. The molecule has 1 aliphatic carbocycles. The van der Waals surface area contributed by atoms with Crippen LogP contribution in [-0.2, 0) is 19.4 Å². The Balaban J connectivity index is 1.71. The van der Waals surface area contributed by atoms with Crippen LogP contribution in [0.5, 0.6) is 0 Å². The Bertz CT molecular complexity index is 1400. The summed E-state index contributed by atoms with van der Waals surface area (Å²) in [6, 6.07) is 17.6. The maximum absolute atomic E-state index is 13.2. The molecule has 3 heterocycles. The van der Waals surface area contributed by atoms with Crippen molar-refractivity contribution >= 4 is 32.9 Å². The number of benzene rings is 2. The number of rotatable bonds is 1. The first-order valence-electron chi connectivity index (χ1n) is 10.3. The van der Waals surface area contributed by atoms with Gasteiger partial charge in [0.1, 0.15) is 16.4 Å². The van der Waals surface area contributed by atoms with Crippen molar-refractivity contribution < 1.29 is 5.11 Å². The topological polar surface area (TPSA) is 55.1 Å². The summed E-state index contributed by atoms with van der Waals surface area (Å²) in [5, 5.41) is 12.1. The Hall–Kier alpha value is -3.18. The number of aromatic nitrogens is 2. The van der Waals surface area contributed by atoms with Crippen LogP contribution in [0.3, 0.4) is 0 Å². The molecule has 0 saturated carbocycles. The van der Waals surface area contributed by atoms with E-state index in [1.807, 2.05) is 48.5 Å². The number of fused-ring (bicyclic) bond motifs is 6. The molecule has 0 atom stereocenters. The first kappa shape index (κ1) is 17.7. The van der Waals surface area contributed by atoms with Crippen LogP contribution in [0.4, 0.5) is 0 Å². The molecule has 0 fully saturated rings. The largest absolute Gasteiger partial charge is 0.507 e. The minimum Gasteiger partial charge on any atom is -0.507 e. The van der Waals surface area contributed by atoms with E-state index >= 15 is 0 Å². The van der Waals surface area contributed by atoms with Crippen LogP contribution >= 0.6 is 11.3 Å². The van der Waals surface area contributed by atoms with Crippen molar-refractivity contribution in [2.45, 2.75) is 32.2 Å². The zero-order valence-corrected chi connectivity index (χ0v) is 17.2. The molecule has 0 saturated heterocycles. The molecule has 2 aliphatic rings. The normalized spacial score (nSPS) is 16.7. The second-order valence-corrected chi connectivity index (χ2v) is 9.05. The van der Waals surface area contributed by atoms with Gasteiger partial charge in [0.05, 0.1) is 17.5 Å². The van der Waals surface area contributed by atoms with Gasteiger partial charge in [0.15, 0.2) is 0 Å². The Labute approximate surface area is 177 Å². The molecule has 0 radical (unpaired) electrons. The third-order valence-corrected chi connectivity index (χ3v) is 7.51. The lowest BCUT2D eigenvalue weighted by Gasteiger charge is -2.25. The highest BCUT2D eigenvalue weighted by Crippen LogP contribution is 2.40. The summed E-state index contributed by atoms with van der Waals surface area (Å²) in [5.41, 5.74) is 4.44. The van der Waals surface area contributed by atoms with E-state index in [0.717, 1.165) is 46.2 Å². The van der Waals surface area contributed by atoms with E-state index in [-0.39, 0.29) is 11.3 Å². The number of aliphatic hydroxyl groups is 1. The first-order chi connectivity index (χ1) is 14.7. The lowest BCUT2D eigenvalue weighted by atomic mass is 9.92. The Morgan fingerprint density at radius 2 is 1.77 bits per heavy atom. The molecule has 148 valence electrons. The molecular formula is C25H20N2O2S. The van der Waals surface area contributed by atoms with Crippen molar-refractivity contribution in [2.75, 3.05) is 0 Å². The van der Waals surface area contributed by atoms with Crippen molar-refractivity contribution in [1.29, 1.82) is 0 Å². The molecule has 1 aliphatic heterocycles. The van der Waals surface area contributed by atoms with E-state index in [4.69, 9.17) is 0 Å². The van der Waals surface area contributed by atoms with Crippen molar-refractivity contribution in [3.8, 4) is 0 Å². The second-order valence-electron chi connectivity index (χ2n) is 7.96. The molecule has 5 heteroatoms. The molecule has 6 rings (SSSR count). The second kappa shape index (κ2) is 6.67. The minimum atomic E-state index is -0.173. The monoisotopic (exact) mass is 412 g/mol. The van der Waals surface area contributed by atoms with Gasteiger partial charge in [-0.25, -0.2) is 0 Å². The molecule has 1 N–H and O–H groups in total. The van der Waals surface area contributed by atoms with E-state index < -0.39 is 0 Å². The predicted octanol–water partition coefficient (Wildman–Crippen LogP) is 5.17. The summed E-state index contributed by atoms with van der Waals surface area (Å²) < 4.78 is 2.14. The Morgan fingerprint density at radius 3 is 2.63 bits per heavy atom. The third kappa shape index (κ3) is 2.52. The number of nitrogens with zero attached hydrogens (tertiary/aromatic N) is 2. The molecule has 0 unspecified atom stereocenters. The van der Waals surface area contributed by atoms with Gasteiger partial charge in [-0.15, -0.1) is 11.3 Å². The van der Waals surface area contributed by atoms with E-state index in [1.54, 1.807) is 11.3 Å². The number of aliphatic hydroxyl groups excluding tert-OH is 1.